The maximum atomic E-state index is 13.4. The number of ether oxygens (including phenoxy) is 4. The molecule has 1 saturated carbocycles. The summed E-state index contributed by atoms with van der Waals surface area (Å²) < 4.78 is 49.2. The lowest BCUT2D eigenvalue weighted by molar-refractivity contribution is -0.235. The molecule has 0 radical (unpaired) electrons. The van der Waals surface area contributed by atoms with Crippen molar-refractivity contribution >= 4 is 5.91 Å². The Balaban J connectivity index is 1.77. The van der Waals surface area contributed by atoms with E-state index in [1.807, 2.05) is 0 Å². The lowest BCUT2D eigenvalue weighted by atomic mass is 9.75. The minimum Gasteiger partial charge on any atom is -0.490 e. The van der Waals surface area contributed by atoms with E-state index in [1.54, 1.807) is 30.3 Å². The van der Waals surface area contributed by atoms with Crippen LogP contribution in [-0.2, 0) is 25.4 Å². The molecule has 2 heterocycles. The lowest BCUT2D eigenvalue weighted by Crippen LogP contribution is -2.76. The molecule has 0 unspecified atom stereocenters. The van der Waals surface area contributed by atoms with Crippen molar-refractivity contribution < 1.29 is 32.5 Å². The average Bonchev–Trinajstić information content (AvgIpc) is 2.75. The van der Waals surface area contributed by atoms with Crippen molar-refractivity contribution in [2.45, 2.75) is 76.0 Å². The van der Waals surface area contributed by atoms with Crippen molar-refractivity contribution in [1.82, 2.24) is 9.88 Å². The van der Waals surface area contributed by atoms with Crippen molar-refractivity contribution in [2.75, 3.05) is 27.7 Å². The number of amides is 1. The molecule has 2 aliphatic rings. The number of hydrogen-bond donors (Lipinski definition) is 0. The van der Waals surface area contributed by atoms with E-state index in [1.165, 1.54) is 7.11 Å². The van der Waals surface area contributed by atoms with Gasteiger partial charge in [0.05, 0.1) is 12.1 Å². The minimum atomic E-state index is -2.60. The summed E-state index contributed by atoms with van der Waals surface area (Å²) >= 11 is 0. The van der Waals surface area contributed by atoms with Crippen LogP contribution in [0.4, 0.5) is 8.78 Å². The number of nitrogens with zero attached hydrogens (tertiary/aromatic N) is 2. The van der Waals surface area contributed by atoms with Crippen molar-refractivity contribution in [3.63, 3.8) is 0 Å². The van der Waals surface area contributed by atoms with Crippen LogP contribution >= 0.6 is 0 Å². The molecule has 0 bridgehead atoms. The molecule has 180 valence electrons. The van der Waals surface area contributed by atoms with Gasteiger partial charge in [0.1, 0.15) is 19.3 Å². The van der Waals surface area contributed by atoms with Crippen LogP contribution in [0.1, 0.15) is 51.6 Å². The molecule has 3 rings (SSSR count). The van der Waals surface area contributed by atoms with Gasteiger partial charge in [-0.1, -0.05) is 13.8 Å². The van der Waals surface area contributed by atoms with Gasteiger partial charge in [-0.15, -0.1) is 0 Å². The van der Waals surface area contributed by atoms with Crippen molar-refractivity contribution in [3.8, 4) is 5.75 Å². The molecule has 1 saturated heterocycles. The predicted molar refractivity (Wildman–Crippen MR) is 113 cm³/mol. The van der Waals surface area contributed by atoms with Crippen LogP contribution in [-0.4, -0.2) is 67.2 Å². The number of pyridine rings is 1. The van der Waals surface area contributed by atoms with Crippen LogP contribution in [0, 0.1) is 5.92 Å². The third-order valence-electron chi connectivity index (χ3n) is 6.13. The van der Waals surface area contributed by atoms with Gasteiger partial charge in [0.2, 0.25) is 5.92 Å². The van der Waals surface area contributed by atoms with Gasteiger partial charge < -0.3 is 23.8 Å². The number of likely N-dealkylation sites (tertiary alicyclic amines) is 1. The Labute approximate surface area is 188 Å². The van der Waals surface area contributed by atoms with E-state index in [2.05, 4.69) is 18.8 Å². The highest BCUT2D eigenvalue weighted by atomic mass is 19.3. The van der Waals surface area contributed by atoms with E-state index in [-0.39, 0.29) is 50.8 Å². The second-order valence-corrected chi connectivity index (χ2v) is 9.11. The van der Waals surface area contributed by atoms with Gasteiger partial charge in [0.15, 0.2) is 5.60 Å². The zero-order valence-corrected chi connectivity index (χ0v) is 19.3. The summed E-state index contributed by atoms with van der Waals surface area (Å²) in [5, 5.41) is 0. The Morgan fingerprint density at radius 1 is 1.22 bits per heavy atom. The minimum absolute atomic E-state index is 0.0202. The molecule has 0 spiro atoms. The molecule has 1 aliphatic carbocycles. The van der Waals surface area contributed by atoms with Gasteiger partial charge in [-0.3, -0.25) is 9.78 Å². The Morgan fingerprint density at radius 2 is 1.94 bits per heavy atom. The van der Waals surface area contributed by atoms with Crippen LogP contribution in [0.15, 0.2) is 18.3 Å². The molecule has 0 aromatic carbocycles. The molecule has 32 heavy (non-hydrogen) atoms. The fraction of sp³-hybridized carbons (Fsp3) is 0.739. The molecule has 1 aromatic rings. The normalized spacial score (nSPS) is 25.8. The number of alkyl halides is 2. The first-order valence-corrected chi connectivity index (χ1v) is 11.1. The molecular formula is C23H34F2N2O5. The number of methoxy groups -OCH3 is 2. The van der Waals surface area contributed by atoms with Gasteiger partial charge in [0.25, 0.3) is 5.91 Å². The highest BCUT2D eigenvalue weighted by molar-refractivity contribution is 5.93. The molecule has 1 aliphatic heterocycles. The van der Waals surface area contributed by atoms with Crippen LogP contribution in [0.2, 0.25) is 0 Å². The number of β-lactam (4-membered cyclic amide) rings is 1. The lowest BCUT2D eigenvalue weighted by Gasteiger charge is -2.55. The first-order valence-electron chi connectivity index (χ1n) is 11.1. The summed E-state index contributed by atoms with van der Waals surface area (Å²) in [6.45, 7) is 4.36. The second kappa shape index (κ2) is 10.4. The van der Waals surface area contributed by atoms with Crippen LogP contribution in [0.3, 0.4) is 0 Å². The van der Waals surface area contributed by atoms with E-state index < -0.39 is 11.5 Å². The number of carbonyl (C=O) groups is 1. The van der Waals surface area contributed by atoms with E-state index in [0.717, 1.165) is 6.42 Å². The summed E-state index contributed by atoms with van der Waals surface area (Å²) in [5.41, 5.74) is -0.462. The van der Waals surface area contributed by atoms with Gasteiger partial charge in [0, 0.05) is 51.4 Å². The summed E-state index contributed by atoms with van der Waals surface area (Å²) in [6.07, 6.45) is 2.66. The highest BCUT2D eigenvalue weighted by Gasteiger charge is 2.62. The predicted octanol–water partition coefficient (Wildman–Crippen LogP) is 3.80. The monoisotopic (exact) mass is 456 g/mol. The SMILES string of the molecule is COCO[C@@]1(Cc2cc(OC3CCC(F)(F)CC3)ccn2)C(=O)N(COC)[C@H]1CC(C)C. The zero-order valence-electron chi connectivity index (χ0n) is 19.3. The molecule has 2 fully saturated rings. The number of carbonyl (C=O) groups excluding carboxylic acids is 1. The van der Waals surface area contributed by atoms with Gasteiger partial charge >= 0.3 is 0 Å². The number of rotatable bonds is 11. The molecule has 7 nitrogen and oxygen atoms in total. The van der Waals surface area contributed by atoms with E-state index in [0.29, 0.717) is 30.2 Å². The fourth-order valence-electron chi connectivity index (χ4n) is 4.55. The topological polar surface area (TPSA) is 70.1 Å². The molecule has 2 atom stereocenters. The second-order valence-electron chi connectivity index (χ2n) is 9.11. The maximum Gasteiger partial charge on any atom is 0.259 e. The Hall–Kier alpha value is -1.84. The Bertz CT molecular complexity index is 769. The largest absolute Gasteiger partial charge is 0.490 e. The first kappa shape index (κ1) is 24.8. The van der Waals surface area contributed by atoms with Gasteiger partial charge in [-0.2, -0.15) is 0 Å². The molecule has 0 N–H and O–H groups in total. The summed E-state index contributed by atoms with van der Waals surface area (Å²) in [5.74, 6) is -1.86. The fourth-order valence-corrected chi connectivity index (χ4v) is 4.55. The van der Waals surface area contributed by atoms with Crippen molar-refractivity contribution in [1.29, 1.82) is 0 Å². The van der Waals surface area contributed by atoms with Crippen molar-refractivity contribution in [3.05, 3.63) is 24.0 Å². The summed E-state index contributed by atoms with van der Waals surface area (Å²) in [6, 6.07) is 3.30. The van der Waals surface area contributed by atoms with Crippen LogP contribution in [0.5, 0.6) is 5.75 Å². The number of halogens is 2. The van der Waals surface area contributed by atoms with Gasteiger partial charge in [-0.25, -0.2) is 8.78 Å². The standard InChI is InChI=1S/C23H34F2N2O5/c1-16(2)11-20-23(31-15-30-4,21(28)27(20)14-29-3)13-17-12-19(7-10-26-17)32-18-5-8-22(24,25)9-6-18/h7,10,12,16,18,20H,5-6,8-9,11,13-15H2,1-4H3/t20-,23+/m0/s1. The maximum absolute atomic E-state index is 13.4. The number of aromatic nitrogens is 1. The zero-order chi connectivity index (χ0) is 23.4. The highest BCUT2D eigenvalue weighted by Crippen LogP contribution is 2.41. The Kier molecular flexibility index (Phi) is 8.06. The average molecular weight is 457 g/mol. The van der Waals surface area contributed by atoms with E-state index >= 15 is 0 Å². The van der Waals surface area contributed by atoms with Crippen LogP contribution < -0.4 is 4.74 Å². The van der Waals surface area contributed by atoms with Crippen LogP contribution in [0.25, 0.3) is 0 Å². The third kappa shape index (κ3) is 5.55. The first-order chi connectivity index (χ1) is 15.2. The number of hydrogen-bond acceptors (Lipinski definition) is 6. The van der Waals surface area contributed by atoms with Crippen molar-refractivity contribution in [2.24, 2.45) is 5.92 Å². The molecule has 9 heteroatoms. The van der Waals surface area contributed by atoms with Gasteiger partial charge in [-0.05, 0) is 31.2 Å². The quantitative estimate of drug-likeness (QED) is 0.373. The summed E-state index contributed by atoms with van der Waals surface area (Å²) in [7, 11) is 3.07. The molecule has 1 amide bonds. The van der Waals surface area contributed by atoms with E-state index in [9.17, 15) is 13.6 Å². The molecule has 1 aromatic heterocycles. The smallest absolute Gasteiger partial charge is 0.259 e. The summed E-state index contributed by atoms with van der Waals surface area (Å²) in [4.78, 5) is 19.3. The Morgan fingerprint density at radius 3 is 2.56 bits per heavy atom. The van der Waals surface area contributed by atoms with E-state index in [4.69, 9.17) is 18.9 Å². The third-order valence-corrected chi connectivity index (χ3v) is 6.13. The molecular weight excluding hydrogens is 422 g/mol.